The van der Waals surface area contributed by atoms with Crippen molar-refractivity contribution in [1.82, 2.24) is 25.8 Å². The van der Waals surface area contributed by atoms with Crippen LogP contribution >= 0.6 is 0 Å². The lowest BCUT2D eigenvalue weighted by molar-refractivity contribution is -0.124. The van der Waals surface area contributed by atoms with Crippen molar-refractivity contribution in [1.29, 1.82) is 0 Å². The number of amides is 3. The Bertz CT molecular complexity index is 455. The van der Waals surface area contributed by atoms with E-state index in [0.717, 1.165) is 32.5 Å². The second-order valence-electron chi connectivity index (χ2n) is 5.71. The van der Waals surface area contributed by atoms with Crippen molar-refractivity contribution in [3.63, 3.8) is 0 Å². The Kier molecular flexibility index (Phi) is 6.40. The molecule has 8 nitrogen and oxygen atoms in total. The summed E-state index contributed by atoms with van der Waals surface area (Å²) < 4.78 is 0. The highest BCUT2D eigenvalue weighted by Gasteiger charge is 2.27. The second-order valence-corrected chi connectivity index (χ2v) is 5.71. The molecule has 0 bridgehead atoms. The predicted octanol–water partition coefficient (Wildman–Crippen LogP) is -0.646. The summed E-state index contributed by atoms with van der Waals surface area (Å²) in [6.07, 6.45) is 4.05. The largest absolute Gasteiger partial charge is 0.355 e. The number of imide groups is 1. The number of hydrogen-bond donors (Lipinski definition) is 3. The number of nitrogens with one attached hydrogen (secondary N) is 3. The van der Waals surface area contributed by atoms with Crippen molar-refractivity contribution in [2.24, 2.45) is 4.99 Å². The molecule has 2 aliphatic rings. The van der Waals surface area contributed by atoms with E-state index in [9.17, 15) is 9.59 Å². The van der Waals surface area contributed by atoms with E-state index in [1.54, 1.807) is 7.05 Å². The Morgan fingerprint density at radius 2 is 2.17 bits per heavy atom. The third kappa shape index (κ3) is 4.95. The molecule has 23 heavy (non-hydrogen) atoms. The van der Waals surface area contributed by atoms with E-state index in [1.165, 1.54) is 4.90 Å². The summed E-state index contributed by atoms with van der Waals surface area (Å²) in [5.74, 6) is 0.522. The Labute approximate surface area is 137 Å². The van der Waals surface area contributed by atoms with Gasteiger partial charge in [0.1, 0.15) is 0 Å². The fourth-order valence-electron chi connectivity index (χ4n) is 2.80. The van der Waals surface area contributed by atoms with Crippen molar-refractivity contribution in [2.45, 2.75) is 18.9 Å². The lowest BCUT2D eigenvalue weighted by Crippen LogP contribution is -2.50. The van der Waals surface area contributed by atoms with Gasteiger partial charge in [-0.05, 0) is 12.8 Å². The molecule has 0 saturated carbocycles. The molecule has 0 aliphatic carbocycles. The summed E-state index contributed by atoms with van der Waals surface area (Å²) >= 11 is 0. The first-order chi connectivity index (χ1) is 11.1. The van der Waals surface area contributed by atoms with E-state index in [2.05, 4.69) is 32.4 Å². The first-order valence-electron chi connectivity index (χ1n) is 8.02. The average Bonchev–Trinajstić information content (AvgIpc) is 2.87. The average molecular weight is 322 g/mol. The molecule has 128 valence electrons. The quantitative estimate of drug-likeness (QED) is 0.262. The van der Waals surface area contributed by atoms with Gasteiger partial charge in [0.15, 0.2) is 5.96 Å². The van der Waals surface area contributed by atoms with Crippen LogP contribution in [-0.4, -0.2) is 80.1 Å². The topological polar surface area (TPSA) is 89.1 Å². The molecule has 3 amide bonds. The molecule has 3 N–H and O–H groups in total. The number of urea groups is 1. The fourth-order valence-corrected chi connectivity index (χ4v) is 2.80. The summed E-state index contributed by atoms with van der Waals surface area (Å²) in [4.78, 5) is 30.7. The summed E-state index contributed by atoms with van der Waals surface area (Å²) in [7, 11) is 1.72. The number of rotatable bonds is 6. The molecule has 0 aromatic heterocycles. The van der Waals surface area contributed by atoms with Gasteiger partial charge in [-0.25, -0.2) is 4.79 Å². The van der Waals surface area contributed by atoms with Crippen LogP contribution in [0.15, 0.2) is 17.6 Å². The van der Waals surface area contributed by atoms with Gasteiger partial charge in [0, 0.05) is 45.8 Å². The van der Waals surface area contributed by atoms with Crippen LogP contribution in [0.5, 0.6) is 0 Å². The van der Waals surface area contributed by atoms with E-state index in [0.29, 0.717) is 25.1 Å². The lowest BCUT2D eigenvalue weighted by atomic mass is 10.1. The van der Waals surface area contributed by atoms with E-state index in [1.807, 2.05) is 6.08 Å². The van der Waals surface area contributed by atoms with Crippen molar-refractivity contribution >= 4 is 17.9 Å². The zero-order valence-corrected chi connectivity index (χ0v) is 13.7. The number of carbonyl (C=O) groups is 2. The van der Waals surface area contributed by atoms with Crippen LogP contribution in [0.4, 0.5) is 4.79 Å². The highest BCUT2D eigenvalue weighted by atomic mass is 16.2. The summed E-state index contributed by atoms with van der Waals surface area (Å²) in [6.45, 7) is 7.70. The normalized spacial score (nSPS) is 20.6. The molecule has 0 aromatic rings. The molecule has 0 aromatic carbocycles. The van der Waals surface area contributed by atoms with Crippen LogP contribution in [0.25, 0.3) is 0 Å². The highest BCUT2D eigenvalue weighted by molar-refractivity contribution is 6.01. The third-order valence-electron chi connectivity index (χ3n) is 4.10. The van der Waals surface area contributed by atoms with Gasteiger partial charge in [-0.2, -0.15) is 0 Å². The SMILES string of the molecule is C=CCN1CCC(NC(=NC)NCCN2C(=O)CNC2=O)CC1. The van der Waals surface area contributed by atoms with Crippen molar-refractivity contribution in [2.75, 3.05) is 46.3 Å². The van der Waals surface area contributed by atoms with Gasteiger partial charge in [-0.3, -0.25) is 19.6 Å². The van der Waals surface area contributed by atoms with E-state index >= 15 is 0 Å². The maximum atomic E-state index is 11.5. The molecule has 2 aliphatic heterocycles. The molecule has 2 fully saturated rings. The van der Waals surface area contributed by atoms with Gasteiger partial charge >= 0.3 is 6.03 Å². The fraction of sp³-hybridized carbons (Fsp3) is 0.667. The maximum Gasteiger partial charge on any atom is 0.324 e. The van der Waals surface area contributed by atoms with Gasteiger partial charge < -0.3 is 16.0 Å². The minimum Gasteiger partial charge on any atom is -0.355 e. The standard InChI is InChI=1S/C15H26N6O2/c1-3-7-20-8-4-12(5-9-20)19-14(16-2)17-6-10-21-13(22)11-18-15(21)23/h3,12H,1,4-11H2,2H3,(H,18,23)(H2,16,17,19). The summed E-state index contributed by atoms with van der Waals surface area (Å²) in [5.41, 5.74) is 0. The van der Waals surface area contributed by atoms with Crippen molar-refractivity contribution in [3.05, 3.63) is 12.7 Å². The molecular formula is C15H26N6O2. The van der Waals surface area contributed by atoms with Gasteiger partial charge in [0.2, 0.25) is 5.91 Å². The number of likely N-dealkylation sites (tertiary alicyclic amines) is 1. The highest BCUT2D eigenvalue weighted by Crippen LogP contribution is 2.09. The molecule has 0 spiro atoms. The molecular weight excluding hydrogens is 296 g/mol. The Balaban J connectivity index is 1.69. The molecule has 0 atom stereocenters. The molecule has 8 heteroatoms. The summed E-state index contributed by atoms with van der Waals surface area (Å²) in [5, 5.41) is 9.06. The van der Waals surface area contributed by atoms with E-state index in [-0.39, 0.29) is 18.5 Å². The Morgan fingerprint density at radius 3 is 2.74 bits per heavy atom. The zero-order valence-electron chi connectivity index (χ0n) is 13.7. The molecule has 0 unspecified atom stereocenters. The zero-order chi connectivity index (χ0) is 16.7. The van der Waals surface area contributed by atoms with Crippen LogP contribution in [0.3, 0.4) is 0 Å². The number of aliphatic imine (C=N–C) groups is 1. The Hall–Kier alpha value is -2.09. The predicted molar refractivity (Wildman–Crippen MR) is 89.3 cm³/mol. The van der Waals surface area contributed by atoms with Gasteiger partial charge in [-0.1, -0.05) is 6.08 Å². The number of carbonyl (C=O) groups excluding carboxylic acids is 2. The number of nitrogens with zero attached hydrogens (tertiary/aromatic N) is 3. The van der Waals surface area contributed by atoms with Crippen LogP contribution in [0, 0.1) is 0 Å². The number of hydrogen-bond acceptors (Lipinski definition) is 4. The number of guanidine groups is 1. The number of piperidine rings is 1. The lowest BCUT2D eigenvalue weighted by Gasteiger charge is -2.32. The van der Waals surface area contributed by atoms with Gasteiger partial charge in [0.05, 0.1) is 6.54 Å². The Morgan fingerprint density at radius 1 is 1.43 bits per heavy atom. The minimum absolute atomic E-state index is 0.0924. The first kappa shape index (κ1) is 17.3. The molecule has 2 rings (SSSR count). The van der Waals surface area contributed by atoms with E-state index < -0.39 is 0 Å². The minimum atomic E-state index is -0.325. The summed E-state index contributed by atoms with van der Waals surface area (Å²) in [6, 6.07) is 0.0633. The van der Waals surface area contributed by atoms with E-state index in [4.69, 9.17) is 0 Å². The molecule has 0 radical (unpaired) electrons. The van der Waals surface area contributed by atoms with Crippen molar-refractivity contribution < 1.29 is 9.59 Å². The third-order valence-corrected chi connectivity index (χ3v) is 4.10. The van der Waals surface area contributed by atoms with Gasteiger partial charge in [-0.15, -0.1) is 6.58 Å². The maximum absolute atomic E-state index is 11.5. The van der Waals surface area contributed by atoms with Crippen LogP contribution in [0.2, 0.25) is 0 Å². The van der Waals surface area contributed by atoms with Crippen LogP contribution in [0.1, 0.15) is 12.8 Å². The molecule has 2 heterocycles. The monoisotopic (exact) mass is 322 g/mol. The first-order valence-corrected chi connectivity index (χ1v) is 8.02. The van der Waals surface area contributed by atoms with Crippen LogP contribution < -0.4 is 16.0 Å². The second kappa shape index (κ2) is 8.52. The molecule has 2 saturated heterocycles. The van der Waals surface area contributed by atoms with Gasteiger partial charge in [0.25, 0.3) is 0 Å². The van der Waals surface area contributed by atoms with Crippen LogP contribution in [-0.2, 0) is 4.79 Å². The van der Waals surface area contributed by atoms with Crippen molar-refractivity contribution in [3.8, 4) is 0 Å². The smallest absolute Gasteiger partial charge is 0.324 e.